The fraction of sp³-hybridized carbons (Fsp3) is 0.241. The minimum atomic E-state index is -1.55. The molecule has 1 aromatic heterocycles. The fourth-order valence-corrected chi connectivity index (χ4v) is 4.98. The maximum Gasteiger partial charge on any atom is 1.00 e. The zero-order valence-corrected chi connectivity index (χ0v) is 27.0. The van der Waals surface area contributed by atoms with Crippen LogP contribution in [0.2, 0.25) is 0 Å². The van der Waals surface area contributed by atoms with Gasteiger partial charge in [0, 0.05) is 23.1 Å². The number of Topliss-reactive ketones (excluding diaryl/α,β-unsaturated/α-hetero) is 1. The van der Waals surface area contributed by atoms with Crippen LogP contribution in [0.4, 0.5) is 0 Å². The Morgan fingerprint density at radius 2 is 1.19 bits per heavy atom. The van der Waals surface area contributed by atoms with Gasteiger partial charge in [-0.25, -0.2) is 0 Å². The molecule has 0 saturated carbocycles. The van der Waals surface area contributed by atoms with E-state index in [0.29, 0.717) is 33.8 Å². The van der Waals surface area contributed by atoms with Crippen LogP contribution in [-0.2, 0) is 11.2 Å². The van der Waals surface area contributed by atoms with Crippen LogP contribution in [0.25, 0.3) is 16.6 Å². The predicted molar refractivity (Wildman–Crippen MR) is 150 cm³/mol. The summed E-state index contributed by atoms with van der Waals surface area (Å²) in [5, 5.41) is 12.7. The summed E-state index contributed by atoms with van der Waals surface area (Å²) in [7, 11) is 8.67. The molecule has 0 radical (unpaired) electrons. The number of hydrogen-bond donors (Lipinski definition) is 0. The number of rotatable bonds is 12. The largest absolute Gasteiger partial charge is 1.00 e. The van der Waals surface area contributed by atoms with E-state index >= 15 is 0 Å². The normalized spacial score (nSPS) is 11.2. The molecule has 4 rings (SSSR count). The Morgan fingerprint density at radius 1 is 0.690 bits per heavy atom. The Morgan fingerprint density at radius 3 is 1.67 bits per heavy atom. The van der Waals surface area contributed by atoms with Crippen molar-refractivity contribution in [3.8, 4) is 34.5 Å². The van der Waals surface area contributed by atoms with Gasteiger partial charge in [-0.2, -0.15) is 8.75 Å². The van der Waals surface area contributed by atoms with Crippen LogP contribution in [0.5, 0.6) is 34.5 Å². The third-order valence-corrected chi connectivity index (χ3v) is 6.91. The summed E-state index contributed by atoms with van der Waals surface area (Å²) >= 11 is 0.994. The summed E-state index contributed by atoms with van der Waals surface area (Å²) in [6, 6.07) is 11.0. The van der Waals surface area contributed by atoms with Crippen molar-refractivity contribution in [2.24, 2.45) is 0 Å². The number of carbonyl (C=O) groups excluding carboxylic acids is 2. The number of ketones is 1. The van der Waals surface area contributed by atoms with Gasteiger partial charge in [0.2, 0.25) is 11.5 Å². The molecule has 0 fully saturated rings. The van der Waals surface area contributed by atoms with Gasteiger partial charge in [0.1, 0.15) is 11.0 Å². The number of carbonyl (C=O) groups is 2. The van der Waals surface area contributed by atoms with Crippen molar-refractivity contribution in [1.82, 2.24) is 8.75 Å². The SMILES string of the molecule is COc1cc(CC(C(=O)c2cc(OC)c(OC)c(OC)c2)=C(C(=O)[O-])c2ccc3nsnc3c2)cc(OC)c1OC.[Na+]. The first-order chi connectivity index (χ1) is 19.8. The van der Waals surface area contributed by atoms with E-state index in [0.717, 1.165) is 11.7 Å². The maximum atomic E-state index is 14.2. The Kier molecular flexibility index (Phi) is 11.2. The van der Waals surface area contributed by atoms with Crippen molar-refractivity contribution in [3.63, 3.8) is 0 Å². The minimum Gasteiger partial charge on any atom is -0.545 e. The van der Waals surface area contributed by atoms with E-state index in [2.05, 4.69) is 8.75 Å². The van der Waals surface area contributed by atoms with E-state index in [4.69, 9.17) is 28.4 Å². The molecule has 4 aromatic rings. The first kappa shape index (κ1) is 32.7. The van der Waals surface area contributed by atoms with E-state index in [-0.39, 0.29) is 75.5 Å². The summed E-state index contributed by atoms with van der Waals surface area (Å²) in [6.45, 7) is 0. The zero-order valence-electron chi connectivity index (χ0n) is 24.2. The number of hydrogen-bond acceptors (Lipinski definition) is 12. The number of allylic oxidation sites excluding steroid dienone is 1. The number of aliphatic carboxylic acids is 1. The summed E-state index contributed by atoms with van der Waals surface area (Å²) in [4.78, 5) is 27.0. The average Bonchev–Trinajstić information content (AvgIpc) is 3.46. The monoisotopic (exact) mass is 602 g/mol. The summed E-state index contributed by atoms with van der Waals surface area (Å²) < 4.78 is 41.0. The first-order valence-corrected chi connectivity index (χ1v) is 12.8. The molecule has 0 amide bonds. The summed E-state index contributed by atoms with van der Waals surface area (Å²) in [5.74, 6) is -0.382. The van der Waals surface area contributed by atoms with Crippen LogP contribution in [0, 0.1) is 0 Å². The zero-order chi connectivity index (χ0) is 29.7. The van der Waals surface area contributed by atoms with Crippen LogP contribution in [0.3, 0.4) is 0 Å². The van der Waals surface area contributed by atoms with Crippen molar-refractivity contribution in [1.29, 1.82) is 0 Å². The number of benzene rings is 3. The van der Waals surface area contributed by atoms with Gasteiger partial charge in [-0.15, -0.1) is 0 Å². The molecule has 0 N–H and O–H groups in total. The molecule has 0 aliphatic carbocycles. The van der Waals surface area contributed by atoms with Crippen LogP contribution in [0.15, 0.2) is 48.0 Å². The van der Waals surface area contributed by atoms with Gasteiger partial charge in [-0.05, 0) is 47.5 Å². The van der Waals surface area contributed by atoms with E-state index in [1.165, 1.54) is 54.8 Å². The molecular formula is C29H27N2NaO9S. The Hall–Kier alpha value is -3.84. The Balaban J connectivity index is 0.00000484. The molecular weight excluding hydrogens is 575 g/mol. The number of carboxylic acids is 1. The molecule has 0 atom stereocenters. The van der Waals surface area contributed by atoms with Crippen LogP contribution >= 0.6 is 11.7 Å². The molecule has 1 heterocycles. The summed E-state index contributed by atoms with van der Waals surface area (Å²) in [5.41, 5.74) is 1.55. The molecule has 0 aliphatic heterocycles. The number of carboxylic acid groups (broad SMARTS) is 1. The quantitative estimate of drug-likeness (QED) is 0.126. The standard InChI is InChI=1S/C29H28N2O9S.Na/c1-35-21-10-15(11-22(36-2)27(21)39-5)9-18(25(29(33)34)16-7-8-19-20(12-16)31-41-30-19)26(32)17-13-23(37-3)28(40-6)24(14-17)38-4;/h7-8,10-14H,9H2,1-6H3,(H,33,34);/q;+1/p-1. The molecule has 11 nitrogen and oxygen atoms in total. The Labute approximate surface area is 268 Å². The fourth-order valence-electron chi connectivity index (χ4n) is 4.46. The molecule has 42 heavy (non-hydrogen) atoms. The van der Waals surface area contributed by atoms with Crippen LogP contribution in [0.1, 0.15) is 21.5 Å². The van der Waals surface area contributed by atoms with Crippen LogP contribution < -0.4 is 63.1 Å². The van der Waals surface area contributed by atoms with Gasteiger partial charge >= 0.3 is 29.6 Å². The topological polar surface area (TPSA) is 138 Å². The van der Waals surface area contributed by atoms with Gasteiger partial charge in [-0.3, -0.25) is 4.79 Å². The van der Waals surface area contributed by atoms with Gasteiger partial charge in [0.05, 0.1) is 60.4 Å². The number of ether oxygens (including phenoxy) is 6. The molecule has 0 bridgehead atoms. The number of aromatic nitrogens is 2. The second kappa shape index (κ2) is 14.4. The maximum absolute atomic E-state index is 14.2. The summed E-state index contributed by atoms with van der Waals surface area (Å²) in [6.07, 6.45) is -0.136. The number of fused-ring (bicyclic) bond motifs is 1. The third kappa shape index (κ3) is 6.46. The van der Waals surface area contributed by atoms with Gasteiger partial charge in [-0.1, -0.05) is 6.07 Å². The Bertz CT molecular complexity index is 1600. The molecule has 214 valence electrons. The van der Waals surface area contributed by atoms with Gasteiger partial charge < -0.3 is 38.3 Å². The van der Waals surface area contributed by atoms with Crippen molar-refractivity contribution in [2.75, 3.05) is 42.7 Å². The van der Waals surface area contributed by atoms with Gasteiger partial charge in [0.25, 0.3) is 0 Å². The van der Waals surface area contributed by atoms with Crippen molar-refractivity contribution >= 4 is 40.1 Å². The van der Waals surface area contributed by atoms with Crippen molar-refractivity contribution in [2.45, 2.75) is 6.42 Å². The first-order valence-electron chi connectivity index (χ1n) is 12.1. The van der Waals surface area contributed by atoms with Gasteiger partial charge in [0.15, 0.2) is 28.8 Å². The predicted octanol–water partition coefficient (Wildman–Crippen LogP) is 0.376. The molecule has 0 saturated heterocycles. The molecule has 3 aromatic carbocycles. The van der Waals surface area contributed by atoms with E-state index in [9.17, 15) is 14.7 Å². The van der Waals surface area contributed by atoms with E-state index in [1.54, 1.807) is 30.3 Å². The molecule has 13 heteroatoms. The van der Waals surface area contributed by atoms with E-state index in [1.807, 2.05) is 0 Å². The number of nitrogens with zero attached hydrogens (tertiary/aromatic N) is 2. The molecule has 0 spiro atoms. The van der Waals surface area contributed by atoms with Crippen LogP contribution in [-0.4, -0.2) is 63.2 Å². The smallest absolute Gasteiger partial charge is 0.545 e. The molecule has 0 aliphatic rings. The number of methoxy groups -OCH3 is 6. The van der Waals surface area contributed by atoms with Crippen molar-refractivity contribution in [3.05, 3.63) is 64.7 Å². The average molecular weight is 603 g/mol. The minimum absolute atomic E-state index is 0. The molecule has 0 unspecified atom stereocenters. The van der Waals surface area contributed by atoms with E-state index < -0.39 is 11.8 Å². The second-order valence-electron chi connectivity index (χ2n) is 8.56. The second-order valence-corrected chi connectivity index (χ2v) is 9.09. The van der Waals surface area contributed by atoms with Crippen molar-refractivity contribution < 1.29 is 72.7 Å². The third-order valence-electron chi connectivity index (χ3n) is 6.35.